The molecular formula is C20H28N4O2S. The molecule has 1 N–H and O–H groups in total. The summed E-state index contributed by atoms with van der Waals surface area (Å²) in [7, 11) is -1.07. The van der Waals surface area contributed by atoms with Crippen molar-refractivity contribution in [1.29, 1.82) is 0 Å². The molecule has 2 aromatic rings. The summed E-state index contributed by atoms with van der Waals surface area (Å²) in [5.41, 5.74) is 4.46. The maximum Gasteiger partial charge on any atom is 0.227 e. The molecule has 1 fully saturated rings. The first kappa shape index (κ1) is 19.6. The van der Waals surface area contributed by atoms with Crippen LogP contribution in [0.3, 0.4) is 0 Å². The smallest absolute Gasteiger partial charge is 0.227 e. The number of hydrogen-bond donors (Lipinski definition) is 1. The molecule has 1 aromatic carbocycles. The van der Waals surface area contributed by atoms with Crippen molar-refractivity contribution >= 4 is 27.3 Å². The number of hydrogen-bond acceptors (Lipinski definition) is 6. The van der Waals surface area contributed by atoms with Crippen LogP contribution in [0.25, 0.3) is 0 Å². The van der Waals surface area contributed by atoms with Gasteiger partial charge in [0.1, 0.15) is 5.82 Å². The first-order chi connectivity index (χ1) is 12.8. The van der Waals surface area contributed by atoms with Gasteiger partial charge in [0.25, 0.3) is 0 Å². The molecular weight excluding hydrogens is 360 g/mol. The van der Waals surface area contributed by atoms with Gasteiger partial charge in [-0.15, -0.1) is 0 Å². The molecule has 1 aliphatic heterocycles. The van der Waals surface area contributed by atoms with Crippen molar-refractivity contribution in [3.8, 4) is 0 Å². The zero-order valence-corrected chi connectivity index (χ0v) is 17.3. The highest BCUT2D eigenvalue weighted by Crippen LogP contribution is 2.27. The summed E-state index contributed by atoms with van der Waals surface area (Å²) in [4.78, 5) is 11.1. The molecule has 0 spiro atoms. The lowest BCUT2D eigenvalue weighted by Gasteiger charge is -2.24. The fourth-order valence-corrected chi connectivity index (χ4v) is 5.32. The Balaban J connectivity index is 1.91. The number of aryl methyl sites for hydroxylation is 3. The van der Waals surface area contributed by atoms with Gasteiger partial charge in [-0.25, -0.2) is 13.4 Å². The third-order valence-electron chi connectivity index (χ3n) is 5.17. The fourth-order valence-electron chi connectivity index (χ4n) is 3.55. The standard InChI is InChI=1S/C20H28N4O2S/c1-5-15-8-7-9-16(6-2)19(15)22-18-12-14(3)21-20(23-18)24(4)17-10-11-27(25,26)13-17/h7-9,12,17H,5-6,10-11,13H2,1-4H3,(H,21,22,23). The number of nitrogens with one attached hydrogen (secondary N) is 1. The molecule has 3 rings (SSSR count). The molecule has 1 atom stereocenters. The molecule has 7 heteroatoms. The van der Waals surface area contributed by atoms with Crippen molar-refractivity contribution in [2.75, 3.05) is 28.8 Å². The van der Waals surface area contributed by atoms with Crippen molar-refractivity contribution in [2.45, 2.75) is 46.1 Å². The van der Waals surface area contributed by atoms with Crippen LogP contribution in [0.1, 0.15) is 37.1 Å². The molecule has 1 aliphatic rings. The second-order valence-corrected chi connectivity index (χ2v) is 9.37. The molecule has 2 heterocycles. The van der Waals surface area contributed by atoms with Crippen LogP contribution in [0.5, 0.6) is 0 Å². The average Bonchev–Trinajstić information content (AvgIpc) is 3.00. The summed E-state index contributed by atoms with van der Waals surface area (Å²) in [6, 6.07) is 8.21. The van der Waals surface area contributed by atoms with E-state index in [1.165, 1.54) is 11.1 Å². The summed E-state index contributed by atoms with van der Waals surface area (Å²) < 4.78 is 23.6. The Hall–Kier alpha value is -2.15. The van der Waals surface area contributed by atoms with Crippen LogP contribution in [-0.4, -0.2) is 43.0 Å². The van der Waals surface area contributed by atoms with E-state index >= 15 is 0 Å². The summed E-state index contributed by atoms with van der Waals surface area (Å²) in [5, 5.41) is 3.49. The third kappa shape index (κ3) is 4.40. The van der Waals surface area contributed by atoms with Gasteiger partial charge in [-0.2, -0.15) is 4.98 Å². The van der Waals surface area contributed by atoms with Crippen LogP contribution in [0, 0.1) is 6.92 Å². The molecule has 0 aliphatic carbocycles. The van der Waals surface area contributed by atoms with Gasteiger partial charge in [0.05, 0.1) is 11.5 Å². The lowest BCUT2D eigenvalue weighted by atomic mass is 10.0. The van der Waals surface area contributed by atoms with Gasteiger partial charge >= 0.3 is 0 Å². The van der Waals surface area contributed by atoms with Gasteiger partial charge in [0, 0.05) is 30.5 Å². The van der Waals surface area contributed by atoms with Gasteiger partial charge in [0.2, 0.25) is 5.95 Å². The monoisotopic (exact) mass is 388 g/mol. The quantitative estimate of drug-likeness (QED) is 0.818. The van der Waals surface area contributed by atoms with Gasteiger partial charge in [-0.05, 0) is 37.3 Å². The topological polar surface area (TPSA) is 75.2 Å². The van der Waals surface area contributed by atoms with E-state index in [2.05, 4.69) is 47.3 Å². The van der Waals surface area contributed by atoms with E-state index < -0.39 is 9.84 Å². The average molecular weight is 389 g/mol. The Labute approximate surface area is 162 Å². The van der Waals surface area contributed by atoms with Gasteiger partial charge in [-0.3, -0.25) is 0 Å². The maximum atomic E-state index is 11.8. The number of benzene rings is 1. The second-order valence-electron chi connectivity index (χ2n) is 7.15. The molecule has 1 aromatic heterocycles. The first-order valence-electron chi connectivity index (χ1n) is 9.49. The molecule has 146 valence electrons. The minimum absolute atomic E-state index is 0.0706. The van der Waals surface area contributed by atoms with Crippen molar-refractivity contribution in [3.63, 3.8) is 0 Å². The maximum absolute atomic E-state index is 11.8. The highest BCUT2D eigenvalue weighted by Gasteiger charge is 2.32. The van der Waals surface area contributed by atoms with Crippen molar-refractivity contribution in [3.05, 3.63) is 41.1 Å². The van der Waals surface area contributed by atoms with Crippen LogP contribution in [0.2, 0.25) is 0 Å². The third-order valence-corrected chi connectivity index (χ3v) is 6.92. The van der Waals surface area contributed by atoms with Crippen LogP contribution in [0.4, 0.5) is 17.5 Å². The Kier molecular flexibility index (Phi) is 5.69. The van der Waals surface area contributed by atoms with Crippen LogP contribution < -0.4 is 10.2 Å². The predicted molar refractivity (Wildman–Crippen MR) is 111 cm³/mol. The van der Waals surface area contributed by atoms with Gasteiger partial charge in [0.15, 0.2) is 9.84 Å². The highest BCUT2D eigenvalue weighted by atomic mass is 32.2. The summed E-state index contributed by atoms with van der Waals surface area (Å²) in [6.07, 6.45) is 2.50. The van der Waals surface area contributed by atoms with Crippen molar-refractivity contribution in [2.24, 2.45) is 0 Å². The zero-order chi connectivity index (χ0) is 19.6. The summed E-state index contributed by atoms with van der Waals surface area (Å²) in [6.45, 7) is 6.22. The van der Waals surface area contributed by atoms with E-state index in [1.807, 2.05) is 24.9 Å². The number of nitrogens with zero attached hydrogens (tertiary/aromatic N) is 3. The molecule has 0 radical (unpaired) electrons. The highest BCUT2D eigenvalue weighted by molar-refractivity contribution is 7.91. The van der Waals surface area contributed by atoms with E-state index in [0.717, 1.165) is 30.0 Å². The lowest BCUT2D eigenvalue weighted by molar-refractivity contribution is 0.600. The van der Waals surface area contributed by atoms with E-state index in [9.17, 15) is 8.42 Å². The SMILES string of the molecule is CCc1cccc(CC)c1Nc1cc(C)nc(N(C)C2CCS(=O)(=O)C2)n1. The number of aromatic nitrogens is 2. The Morgan fingerprint density at radius 2 is 1.85 bits per heavy atom. The number of sulfone groups is 1. The molecule has 0 saturated carbocycles. The van der Waals surface area contributed by atoms with Crippen LogP contribution in [0.15, 0.2) is 24.3 Å². The van der Waals surface area contributed by atoms with E-state index in [1.54, 1.807) is 0 Å². The van der Waals surface area contributed by atoms with E-state index in [0.29, 0.717) is 12.4 Å². The number of para-hydroxylation sites is 1. The summed E-state index contributed by atoms with van der Waals surface area (Å²) in [5.74, 6) is 1.71. The van der Waals surface area contributed by atoms with Crippen molar-refractivity contribution < 1.29 is 8.42 Å². The summed E-state index contributed by atoms with van der Waals surface area (Å²) >= 11 is 0. The Morgan fingerprint density at radius 1 is 1.19 bits per heavy atom. The minimum atomic E-state index is -2.95. The number of anilines is 3. The van der Waals surface area contributed by atoms with Crippen LogP contribution >= 0.6 is 0 Å². The molecule has 0 amide bonds. The predicted octanol–water partition coefficient (Wildman–Crippen LogP) is 3.28. The molecule has 1 unspecified atom stereocenters. The normalized spacial score (nSPS) is 18.4. The van der Waals surface area contributed by atoms with E-state index in [4.69, 9.17) is 0 Å². The molecule has 27 heavy (non-hydrogen) atoms. The Bertz CT molecular complexity index is 905. The zero-order valence-electron chi connectivity index (χ0n) is 16.5. The fraction of sp³-hybridized carbons (Fsp3) is 0.500. The van der Waals surface area contributed by atoms with Crippen LogP contribution in [-0.2, 0) is 22.7 Å². The Morgan fingerprint density at radius 3 is 2.41 bits per heavy atom. The second kappa shape index (κ2) is 7.84. The lowest BCUT2D eigenvalue weighted by Crippen LogP contribution is -2.34. The minimum Gasteiger partial charge on any atom is -0.340 e. The number of rotatable bonds is 6. The van der Waals surface area contributed by atoms with E-state index in [-0.39, 0.29) is 17.5 Å². The molecule has 6 nitrogen and oxygen atoms in total. The first-order valence-corrected chi connectivity index (χ1v) is 11.3. The van der Waals surface area contributed by atoms with Gasteiger partial charge in [-0.1, -0.05) is 32.0 Å². The molecule has 0 bridgehead atoms. The van der Waals surface area contributed by atoms with Gasteiger partial charge < -0.3 is 10.2 Å². The van der Waals surface area contributed by atoms with Crippen molar-refractivity contribution in [1.82, 2.24) is 9.97 Å². The molecule has 1 saturated heterocycles. The largest absolute Gasteiger partial charge is 0.340 e.